The maximum absolute atomic E-state index is 12.5. The van der Waals surface area contributed by atoms with Crippen molar-refractivity contribution in [2.45, 2.75) is 26.8 Å². The van der Waals surface area contributed by atoms with E-state index in [0.717, 1.165) is 16.8 Å². The van der Waals surface area contributed by atoms with Crippen LogP contribution in [-0.4, -0.2) is 34.9 Å². The molecule has 0 aliphatic carbocycles. The Bertz CT molecular complexity index is 1010. The van der Waals surface area contributed by atoms with Gasteiger partial charge in [-0.1, -0.05) is 19.9 Å². The van der Waals surface area contributed by atoms with E-state index in [9.17, 15) is 9.59 Å². The maximum atomic E-state index is 12.5. The van der Waals surface area contributed by atoms with E-state index in [1.807, 2.05) is 45.0 Å². The van der Waals surface area contributed by atoms with E-state index in [2.05, 4.69) is 20.6 Å². The van der Waals surface area contributed by atoms with Gasteiger partial charge in [-0.3, -0.25) is 19.6 Å². The zero-order valence-corrected chi connectivity index (χ0v) is 16.9. The molecule has 0 bridgehead atoms. The average molecular weight is 392 g/mol. The van der Waals surface area contributed by atoms with Gasteiger partial charge in [0.2, 0.25) is 5.91 Å². The number of carbonyl (C=O) groups excluding carboxylic acids is 2. The van der Waals surface area contributed by atoms with Crippen molar-refractivity contribution in [3.8, 4) is 22.6 Å². The van der Waals surface area contributed by atoms with Crippen LogP contribution >= 0.6 is 0 Å². The van der Waals surface area contributed by atoms with Crippen LogP contribution in [0.1, 0.15) is 30.1 Å². The predicted octanol–water partition coefficient (Wildman–Crippen LogP) is 3.21. The van der Waals surface area contributed by atoms with Gasteiger partial charge >= 0.3 is 0 Å². The molecule has 1 atom stereocenters. The Balaban J connectivity index is 1.75. The first kappa shape index (κ1) is 20.3. The summed E-state index contributed by atoms with van der Waals surface area (Å²) in [5.74, 6) is -0.135. The summed E-state index contributed by atoms with van der Waals surface area (Å²) >= 11 is 0. The zero-order valence-electron chi connectivity index (χ0n) is 16.9. The SMILES string of the molecule is CNC(=O)[C@@H](NC(=O)c1ccc(-c2ccc(-c3ccnc(C)c3)cn2)o1)C(C)C. The Morgan fingerprint density at radius 2 is 1.83 bits per heavy atom. The third-order valence-corrected chi connectivity index (χ3v) is 4.56. The fourth-order valence-electron chi connectivity index (χ4n) is 2.94. The first-order chi connectivity index (χ1) is 13.9. The lowest BCUT2D eigenvalue weighted by Gasteiger charge is -2.19. The van der Waals surface area contributed by atoms with Gasteiger partial charge in [-0.2, -0.15) is 0 Å². The van der Waals surface area contributed by atoms with E-state index >= 15 is 0 Å². The van der Waals surface area contributed by atoms with Gasteiger partial charge in [-0.05, 0) is 48.7 Å². The summed E-state index contributed by atoms with van der Waals surface area (Å²) in [7, 11) is 1.54. The third kappa shape index (κ3) is 4.68. The molecule has 0 fully saturated rings. The summed E-state index contributed by atoms with van der Waals surface area (Å²) in [4.78, 5) is 33.1. The number of rotatable bonds is 6. The van der Waals surface area contributed by atoms with Crippen LogP contribution in [0.4, 0.5) is 0 Å². The molecule has 150 valence electrons. The average Bonchev–Trinajstić information content (AvgIpc) is 3.21. The molecule has 3 heterocycles. The summed E-state index contributed by atoms with van der Waals surface area (Å²) in [5, 5.41) is 5.27. The lowest BCUT2D eigenvalue weighted by Crippen LogP contribution is -2.48. The molecule has 29 heavy (non-hydrogen) atoms. The highest BCUT2D eigenvalue weighted by atomic mass is 16.4. The molecule has 3 rings (SSSR count). The number of furan rings is 1. The molecule has 0 saturated heterocycles. The van der Waals surface area contributed by atoms with Gasteiger partial charge in [0.25, 0.3) is 5.91 Å². The summed E-state index contributed by atoms with van der Waals surface area (Å²) in [5.41, 5.74) is 3.55. The van der Waals surface area contributed by atoms with Crippen LogP contribution in [0.2, 0.25) is 0 Å². The first-order valence-corrected chi connectivity index (χ1v) is 9.40. The van der Waals surface area contributed by atoms with E-state index in [1.54, 1.807) is 24.5 Å². The molecule has 3 aromatic rings. The number of aryl methyl sites for hydroxylation is 1. The van der Waals surface area contributed by atoms with Crippen LogP contribution in [0.5, 0.6) is 0 Å². The molecule has 0 aromatic carbocycles. The Morgan fingerprint density at radius 1 is 1.03 bits per heavy atom. The van der Waals surface area contributed by atoms with E-state index in [0.29, 0.717) is 11.5 Å². The molecule has 7 nitrogen and oxygen atoms in total. The van der Waals surface area contributed by atoms with Crippen LogP contribution in [0.15, 0.2) is 53.2 Å². The highest BCUT2D eigenvalue weighted by molar-refractivity contribution is 5.96. The number of hydrogen-bond acceptors (Lipinski definition) is 5. The van der Waals surface area contributed by atoms with Crippen LogP contribution in [-0.2, 0) is 4.79 Å². The lowest BCUT2D eigenvalue weighted by atomic mass is 10.0. The highest BCUT2D eigenvalue weighted by Gasteiger charge is 2.25. The topological polar surface area (TPSA) is 97.1 Å². The molecule has 0 aliphatic heterocycles. The van der Waals surface area contributed by atoms with E-state index in [-0.39, 0.29) is 17.6 Å². The van der Waals surface area contributed by atoms with Gasteiger partial charge in [0, 0.05) is 30.7 Å². The second kappa shape index (κ2) is 8.68. The molecule has 0 unspecified atom stereocenters. The second-order valence-electron chi connectivity index (χ2n) is 7.09. The largest absolute Gasteiger partial charge is 0.449 e. The standard InChI is InChI=1S/C22H24N4O3/c1-13(2)20(22(28)23-4)26-21(27)19-8-7-18(29-19)17-6-5-16(12-25-17)15-9-10-24-14(3)11-15/h5-13,20H,1-4H3,(H,23,28)(H,26,27)/t20-/m0/s1. The normalized spacial score (nSPS) is 11.9. The fourth-order valence-corrected chi connectivity index (χ4v) is 2.94. The van der Waals surface area contributed by atoms with Gasteiger partial charge in [0.1, 0.15) is 11.7 Å². The van der Waals surface area contributed by atoms with Crippen molar-refractivity contribution in [3.05, 3.63) is 60.2 Å². The number of pyridine rings is 2. The van der Waals surface area contributed by atoms with Crippen LogP contribution in [0, 0.1) is 12.8 Å². The number of nitrogens with zero attached hydrogens (tertiary/aromatic N) is 2. The molecule has 0 radical (unpaired) electrons. The maximum Gasteiger partial charge on any atom is 0.287 e. The molecule has 7 heteroatoms. The van der Waals surface area contributed by atoms with E-state index in [4.69, 9.17) is 4.42 Å². The number of amides is 2. The minimum absolute atomic E-state index is 0.0561. The second-order valence-corrected chi connectivity index (χ2v) is 7.09. The molecule has 0 aliphatic rings. The summed E-state index contributed by atoms with van der Waals surface area (Å²) in [6.07, 6.45) is 3.52. The van der Waals surface area contributed by atoms with Crippen molar-refractivity contribution in [1.82, 2.24) is 20.6 Å². The Morgan fingerprint density at radius 3 is 2.45 bits per heavy atom. The molecule has 2 N–H and O–H groups in total. The van der Waals surface area contributed by atoms with E-state index < -0.39 is 11.9 Å². The predicted molar refractivity (Wildman–Crippen MR) is 110 cm³/mol. The number of carbonyl (C=O) groups is 2. The summed E-state index contributed by atoms with van der Waals surface area (Å²) in [6, 6.07) is 10.3. The lowest BCUT2D eigenvalue weighted by molar-refractivity contribution is -0.123. The highest BCUT2D eigenvalue weighted by Crippen LogP contribution is 2.24. The van der Waals surface area contributed by atoms with Gasteiger partial charge in [-0.15, -0.1) is 0 Å². The Labute approximate surface area is 169 Å². The van der Waals surface area contributed by atoms with Crippen molar-refractivity contribution < 1.29 is 14.0 Å². The van der Waals surface area contributed by atoms with Crippen molar-refractivity contribution in [2.75, 3.05) is 7.05 Å². The molecule has 2 amide bonds. The van der Waals surface area contributed by atoms with Crippen LogP contribution < -0.4 is 10.6 Å². The molecule has 0 spiro atoms. The van der Waals surface area contributed by atoms with Crippen LogP contribution in [0.3, 0.4) is 0 Å². The molecule has 3 aromatic heterocycles. The first-order valence-electron chi connectivity index (χ1n) is 9.40. The smallest absolute Gasteiger partial charge is 0.287 e. The minimum atomic E-state index is -0.637. The van der Waals surface area contributed by atoms with Gasteiger partial charge in [0.15, 0.2) is 11.5 Å². The molecular formula is C22H24N4O3. The van der Waals surface area contributed by atoms with E-state index in [1.165, 1.54) is 7.05 Å². The zero-order chi connectivity index (χ0) is 21.0. The monoisotopic (exact) mass is 392 g/mol. The van der Waals surface area contributed by atoms with Gasteiger partial charge < -0.3 is 15.1 Å². The van der Waals surface area contributed by atoms with Crippen molar-refractivity contribution in [1.29, 1.82) is 0 Å². The molecule has 0 saturated carbocycles. The van der Waals surface area contributed by atoms with Crippen molar-refractivity contribution in [2.24, 2.45) is 5.92 Å². The third-order valence-electron chi connectivity index (χ3n) is 4.56. The Kier molecular flexibility index (Phi) is 6.07. The molecular weight excluding hydrogens is 368 g/mol. The minimum Gasteiger partial charge on any atom is -0.449 e. The van der Waals surface area contributed by atoms with Crippen LogP contribution in [0.25, 0.3) is 22.6 Å². The number of nitrogens with one attached hydrogen (secondary N) is 2. The summed E-state index contributed by atoms with van der Waals surface area (Å²) in [6.45, 7) is 5.67. The van der Waals surface area contributed by atoms with Gasteiger partial charge in [0.05, 0.1) is 0 Å². The van der Waals surface area contributed by atoms with Crippen molar-refractivity contribution >= 4 is 11.8 Å². The van der Waals surface area contributed by atoms with Gasteiger partial charge in [-0.25, -0.2) is 0 Å². The fraction of sp³-hybridized carbons (Fsp3) is 0.273. The number of aromatic nitrogens is 2. The Hall–Kier alpha value is -3.48. The van der Waals surface area contributed by atoms with Crippen molar-refractivity contribution in [3.63, 3.8) is 0 Å². The quantitative estimate of drug-likeness (QED) is 0.671. The number of likely N-dealkylation sites (N-methyl/N-ethyl adjacent to an activating group) is 1. The summed E-state index contributed by atoms with van der Waals surface area (Å²) < 4.78 is 5.67. The number of hydrogen-bond donors (Lipinski definition) is 2.